The first-order valence-electron chi connectivity index (χ1n) is 7.67. The second-order valence-corrected chi connectivity index (χ2v) is 5.81. The van der Waals surface area contributed by atoms with Crippen LogP contribution in [-0.2, 0) is 14.3 Å². The molecule has 1 aromatic carbocycles. The molecule has 2 amide bonds. The maximum absolute atomic E-state index is 12.2. The van der Waals surface area contributed by atoms with Gasteiger partial charge < -0.3 is 15.0 Å². The smallest absolute Gasteiger partial charge is 0.227 e. The molecule has 1 aromatic rings. The summed E-state index contributed by atoms with van der Waals surface area (Å²) >= 11 is 0. The minimum atomic E-state index is -0.267. The van der Waals surface area contributed by atoms with Crippen LogP contribution in [0.4, 0.5) is 5.69 Å². The van der Waals surface area contributed by atoms with Crippen LogP contribution in [0.15, 0.2) is 18.2 Å². The second kappa shape index (κ2) is 7.40. The standard InChI is InChI=1S/C17H24N2O3/c1-12-5-6-15(9-13(12)2)19-11-14(10-16(19)20)17(21)18-7-4-8-22-3/h5-6,9,14H,4,7-8,10-11H2,1-3H3,(H,18,21)/t14-/m0/s1. The topological polar surface area (TPSA) is 58.6 Å². The maximum Gasteiger partial charge on any atom is 0.227 e. The largest absolute Gasteiger partial charge is 0.385 e. The minimum absolute atomic E-state index is 0.0142. The molecule has 0 unspecified atom stereocenters. The van der Waals surface area contributed by atoms with Crippen LogP contribution in [0, 0.1) is 19.8 Å². The van der Waals surface area contributed by atoms with E-state index in [2.05, 4.69) is 5.32 Å². The number of hydrogen-bond acceptors (Lipinski definition) is 3. The summed E-state index contributed by atoms with van der Waals surface area (Å²) in [6.45, 7) is 5.73. The zero-order valence-electron chi connectivity index (χ0n) is 13.5. The van der Waals surface area contributed by atoms with Gasteiger partial charge in [-0.3, -0.25) is 9.59 Å². The van der Waals surface area contributed by atoms with Gasteiger partial charge in [0.15, 0.2) is 0 Å². The first-order chi connectivity index (χ1) is 10.5. The molecular formula is C17H24N2O3. The Hall–Kier alpha value is -1.88. The molecule has 1 fully saturated rings. The molecule has 1 N–H and O–H groups in total. The zero-order valence-corrected chi connectivity index (χ0v) is 13.5. The Morgan fingerprint density at radius 3 is 2.82 bits per heavy atom. The summed E-state index contributed by atoms with van der Waals surface area (Å²) in [6.07, 6.45) is 1.06. The molecule has 5 heteroatoms. The molecule has 0 bridgehead atoms. The van der Waals surface area contributed by atoms with Gasteiger partial charge in [0.05, 0.1) is 5.92 Å². The van der Waals surface area contributed by atoms with E-state index in [9.17, 15) is 9.59 Å². The molecule has 0 saturated carbocycles. The number of methoxy groups -OCH3 is 1. The van der Waals surface area contributed by atoms with Crippen LogP contribution in [-0.4, -0.2) is 38.6 Å². The Labute approximate surface area is 131 Å². The van der Waals surface area contributed by atoms with Gasteiger partial charge in [-0.2, -0.15) is 0 Å². The van der Waals surface area contributed by atoms with Crippen molar-refractivity contribution < 1.29 is 14.3 Å². The number of aryl methyl sites for hydroxylation is 2. The number of nitrogens with one attached hydrogen (secondary N) is 1. The van der Waals surface area contributed by atoms with Crippen molar-refractivity contribution in [3.8, 4) is 0 Å². The van der Waals surface area contributed by atoms with E-state index >= 15 is 0 Å². The predicted molar refractivity (Wildman–Crippen MR) is 85.9 cm³/mol. The van der Waals surface area contributed by atoms with Crippen molar-refractivity contribution in [3.63, 3.8) is 0 Å². The Bertz CT molecular complexity index is 557. The van der Waals surface area contributed by atoms with Crippen molar-refractivity contribution in [1.29, 1.82) is 0 Å². The number of carbonyl (C=O) groups excluding carboxylic acids is 2. The molecule has 2 rings (SSSR count). The van der Waals surface area contributed by atoms with Gasteiger partial charge in [-0.15, -0.1) is 0 Å². The lowest BCUT2D eigenvalue weighted by molar-refractivity contribution is -0.126. The van der Waals surface area contributed by atoms with Gasteiger partial charge >= 0.3 is 0 Å². The van der Waals surface area contributed by atoms with E-state index in [1.807, 2.05) is 32.0 Å². The third-order valence-electron chi connectivity index (χ3n) is 4.12. The Kier molecular flexibility index (Phi) is 5.55. The number of ether oxygens (including phenoxy) is 1. The molecule has 1 aliphatic rings. The highest BCUT2D eigenvalue weighted by Gasteiger charge is 2.34. The van der Waals surface area contributed by atoms with Crippen LogP contribution in [0.1, 0.15) is 24.0 Å². The zero-order chi connectivity index (χ0) is 16.1. The molecule has 22 heavy (non-hydrogen) atoms. The molecule has 1 atom stereocenters. The molecular weight excluding hydrogens is 280 g/mol. The van der Waals surface area contributed by atoms with Crippen LogP contribution in [0.25, 0.3) is 0 Å². The van der Waals surface area contributed by atoms with E-state index in [-0.39, 0.29) is 24.2 Å². The summed E-state index contributed by atoms with van der Waals surface area (Å²) in [6, 6.07) is 5.96. The van der Waals surface area contributed by atoms with E-state index in [0.29, 0.717) is 19.7 Å². The Morgan fingerprint density at radius 2 is 2.14 bits per heavy atom. The molecule has 1 aliphatic heterocycles. The minimum Gasteiger partial charge on any atom is -0.385 e. The average molecular weight is 304 g/mol. The Balaban J connectivity index is 1.95. The lowest BCUT2D eigenvalue weighted by Crippen LogP contribution is -2.33. The Morgan fingerprint density at radius 1 is 1.36 bits per heavy atom. The average Bonchev–Trinajstić information content (AvgIpc) is 2.88. The summed E-state index contributed by atoms with van der Waals surface area (Å²) < 4.78 is 4.95. The van der Waals surface area contributed by atoms with Crippen LogP contribution in [0.3, 0.4) is 0 Å². The number of anilines is 1. The molecule has 0 spiro atoms. The maximum atomic E-state index is 12.2. The summed E-state index contributed by atoms with van der Waals surface area (Å²) in [5.41, 5.74) is 3.23. The van der Waals surface area contributed by atoms with Gasteiger partial charge in [0.1, 0.15) is 0 Å². The van der Waals surface area contributed by atoms with Gasteiger partial charge in [0, 0.05) is 38.9 Å². The van der Waals surface area contributed by atoms with E-state index in [0.717, 1.165) is 17.7 Å². The van der Waals surface area contributed by atoms with E-state index in [1.165, 1.54) is 5.56 Å². The third kappa shape index (κ3) is 3.85. The third-order valence-corrected chi connectivity index (χ3v) is 4.12. The van der Waals surface area contributed by atoms with Gasteiger partial charge in [0.2, 0.25) is 11.8 Å². The van der Waals surface area contributed by atoms with Gasteiger partial charge in [0.25, 0.3) is 0 Å². The number of nitrogens with zero attached hydrogens (tertiary/aromatic N) is 1. The molecule has 120 valence electrons. The molecule has 1 saturated heterocycles. The summed E-state index contributed by atoms with van der Waals surface area (Å²) in [4.78, 5) is 26.0. The SMILES string of the molecule is COCCCNC(=O)[C@H]1CC(=O)N(c2ccc(C)c(C)c2)C1. The lowest BCUT2D eigenvalue weighted by Gasteiger charge is -2.18. The fourth-order valence-electron chi connectivity index (χ4n) is 2.60. The fourth-order valence-corrected chi connectivity index (χ4v) is 2.60. The van der Waals surface area contributed by atoms with Crippen molar-refractivity contribution in [2.75, 3.05) is 31.7 Å². The molecule has 0 radical (unpaired) electrons. The fraction of sp³-hybridized carbons (Fsp3) is 0.529. The summed E-state index contributed by atoms with van der Waals surface area (Å²) in [5.74, 6) is -0.298. The van der Waals surface area contributed by atoms with Crippen molar-refractivity contribution in [2.24, 2.45) is 5.92 Å². The highest BCUT2D eigenvalue weighted by molar-refractivity contribution is 6.00. The predicted octanol–water partition coefficient (Wildman–Crippen LogP) is 1.81. The number of rotatable bonds is 6. The number of carbonyl (C=O) groups is 2. The van der Waals surface area contributed by atoms with Gasteiger partial charge in [-0.25, -0.2) is 0 Å². The monoisotopic (exact) mass is 304 g/mol. The summed E-state index contributed by atoms with van der Waals surface area (Å²) in [7, 11) is 1.64. The van der Waals surface area contributed by atoms with Crippen molar-refractivity contribution >= 4 is 17.5 Å². The van der Waals surface area contributed by atoms with Crippen LogP contribution in [0.2, 0.25) is 0 Å². The number of hydrogen-bond donors (Lipinski definition) is 1. The van der Waals surface area contributed by atoms with Crippen molar-refractivity contribution in [2.45, 2.75) is 26.7 Å². The first-order valence-corrected chi connectivity index (χ1v) is 7.67. The second-order valence-electron chi connectivity index (χ2n) is 5.81. The number of benzene rings is 1. The quantitative estimate of drug-likeness (QED) is 0.815. The summed E-state index contributed by atoms with van der Waals surface area (Å²) in [5, 5.41) is 2.87. The van der Waals surface area contributed by atoms with E-state index in [4.69, 9.17) is 4.74 Å². The lowest BCUT2D eigenvalue weighted by atomic mass is 10.1. The molecule has 5 nitrogen and oxygen atoms in total. The highest BCUT2D eigenvalue weighted by Crippen LogP contribution is 2.26. The molecule has 0 aliphatic carbocycles. The van der Waals surface area contributed by atoms with Gasteiger partial charge in [-0.05, 0) is 43.5 Å². The molecule has 0 aromatic heterocycles. The van der Waals surface area contributed by atoms with Crippen molar-refractivity contribution in [3.05, 3.63) is 29.3 Å². The van der Waals surface area contributed by atoms with E-state index in [1.54, 1.807) is 12.0 Å². The highest BCUT2D eigenvalue weighted by atomic mass is 16.5. The normalized spacial score (nSPS) is 17.9. The van der Waals surface area contributed by atoms with Crippen molar-refractivity contribution in [1.82, 2.24) is 5.32 Å². The number of amides is 2. The van der Waals surface area contributed by atoms with Crippen LogP contribution in [0.5, 0.6) is 0 Å². The van der Waals surface area contributed by atoms with E-state index < -0.39 is 0 Å². The first kappa shape index (κ1) is 16.5. The molecule has 1 heterocycles. The van der Waals surface area contributed by atoms with Gasteiger partial charge in [-0.1, -0.05) is 6.07 Å². The van der Waals surface area contributed by atoms with Crippen LogP contribution >= 0.6 is 0 Å². The van der Waals surface area contributed by atoms with Crippen LogP contribution < -0.4 is 10.2 Å².